The van der Waals surface area contributed by atoms with Crippen molar-refractivity contribution in [2.24, 2.45) is 0 Å². The van der Waals surface area contributed by atoms with Crippen LogP contribution in [-0.4, -0.2) is 37.9 Å². The molecule has 0 rings (SSSR count). The highest BCUT2D eigenvalue weighted by atomic mass is 28.5. The Labute approximate surface area is 130 Å². The van der Waals surface area contributed by atoms with Gasteiger partial charge in [-0.3, -0.25) is 0 Å². The molecule has 0 aromatic heterocycles. The van der Waals surface area contributed by atoms with Crippen LogP contribution in [0.15, 0.2) is 0 Å². The molecule has 0 heterocycles. The van der Waals surface area contributed by atoms with Crippen molar-refractivity contribution in [1.82, 2.24) is 6.15 Å². The van der Waals surface area contributed by atoms with E-state index in [1.165, 1.54) is 6.42 Å². The Bertz CT molecular complexity index is 265. The third-order valence-electron chi connectivity index (χ3n) is 4.71. The van der Waals surface area contributed by atoms with Crippen molar-refractivity contribution in [3.8, 4) is 0 Å². The van der Waals surface area contributed by atoms with Crippen LogP contribution in [0, 0.1) is 0 Å². The first kappa shape index (κ1) is 22.8. The Morgan fingerprint density at radius 3 is 1.15 bits per heavy atom. The lowest BCUT2D eigenvalue weighted by Crippen LogP contribution is -2.70. The van der Waals surface area contributed by atoms with Crippen LogP contribution >= 0.6 is 0 Å². The molecule has 124 valence electrons. The van der Waals surface area contributed by atoms with Gasteiger partial charge in [0.25, 0.3) is 0 Å². The molecule has 0 atom stereocenters. The van der Waals surface area contributed by atoms with Crippen molar-refractivity contribution >= 4 is 24.7 Å². The quantitative estimate of drug-likeness (QED) is 0.619. The molecule has 3 N–H and O–H groups in total. The predicted octanol–water partition coefficient (Wildman–Crippen LogP) is 5.20. The zero-order valence-corrected chi connectivity index (χ0v) is 18.6. The molecule has 3 nitrogen and oxygen atoms in total. The van der Waals surface area contributed by atoms with E-state index < -0.39 is 24.7 Å². The summed E-state index contributed by atoms with van der Waals surface area (Å²) in [5.41, 5.74) is 0. The summed E-state index contributed by atoms with van der Waals surface area (Å²) in [7, 11) is -4.99. The van der Waals surface area contributed by atoms with E-state index in [0.717, 1.165) is 13.2 Å². The number of hydrogen-bond donors (Lipinski definition) is 1. The predicted molar refractivity (Wildman–Crippen MR) is 99.6 cm³/mol. The molecule has 0 bridgehead atoms. The smallest absolute Gasteiger partial charge is 0.335 e. The fraction of sp³-hybridized carbons (Fsp3) is 1.00. The highest BCUT2D eigenvalue weighted by Gasteiger charge is 2.65. The summed E-state index contributed by atoms with van der Waals surface area (Å²) in [5, 5.41) is 0. The zero-order valence-electron chi connectivity index (χ0n) is 15.6. The number of rotatable bonds is 8. The van der Waals surface area contributed by atoms with Gasteiger partial charge in [-0.15, -0.1) is 0 Å². The van der Waals surface area contributed by atoms with Gasteiger partial charge in [0.15, 0.2) is 0 Å². The first-order chi connectivity index (χ1) is 8.43. The molecule has 0 unspecified atom stereocenters. The van der Waals surface area contributed by atoms with E-state index in [1.807, 2.05) is 0 Å². The Balaban J connectivity index is 0. The van der Waals surface area contributed by atoms with Gasteiger partial charge in [0.1, 0.15) is 0 Å². The summed E-state index contributed by atoms with van der Waals surface area (Å²) in [4.78, 5) is 0. The van der Waals surface area contributed by atoms with Gasteiger partial charge in [0, 0.05) is 17.5 Å². The maximum Gasteiger partial charge on any atom is 0.335 e. The Hall–Kier alpha value is 0.531. The second-order valence-corrected chi connectivity index (χ2v) is 23.1. The van der Waals surface area contributed by atoms with E-state index in [1.54, 1.807) is 0 Å². The van der Waals surface area contributed by atoms with Gasteiger partial charge in [-0.2, -0.15) is 0 Å². The van der Waals surface area contributed by atoms with E-state index in [4.69, 9.17) is 8.85 Å². The summed E-state index contributed by atoms with van der Waals surface area (Å²) in [5.74, 6) is 0. The third kappa shape index (κ3) is 3.84. The summed E-state index contributed by atoms with van der Waals surface area (Å²) < 4.78 is 13.1. The minimum atomic E-state index is -2.18. The molecule has 0 saturated heterocycles. The van der Waals surface area contributed by atoms with E-state index >= 15 is 0 Å². The Morgan fingerprint density at radius 1 is 0.700 bits per heavy atom. The van der Waals surface area contributed by atoms with E-state index in [9.17, 15) is 0 Å². The zero-order chi connectivity index (χ0) is 15.5. The fourth-order valence-corrected chi connectivity index (χ4v) is 29.9. The lowest BCUT2D eigenvalue weighted by Gasteiger charge is -2.58. The van der Waals surface area contributed by atoms with Crippen LogP contribution in [0.25, 0.3) is 0 Å². The first-order valence-corrected chi connectivity index (χ1v) is 17.0. The van der Waals surface area contributed by atoms with Crippen LogP contribution in [0.5, 0.6) is 0 Å². The number of hydrogen-bond acceptors (Lipinski definition) is 3. The van der Waals surface area contributed by atoms with Crippen molar-refractivity contribution in [2.75, 3.05) is 13.2 Å². The van der Waals surface area contributed by atoms with E-state index in [0.29, 0.717) is 4.28 Å². The summed E-state index contributed by atoms with van der Waals surface area (Å²) in [6, 6.07) is 0. The molecule has 20 heavy (non-hydrogen) atoms. The SMILES string of the molecule is CCO[Si](C)(OCC)C(CC)([Si](C)(C)C)[Si](C)(C)C.N. The summed E-state index contributed by atoms with van der Waals surface area (Å²) in [6.45, 7) is 25.5. The van der Waals surface area contributed by atoms with Crippen molar-refractivity contribution in [1.29, 1.82) is 0 Å². The normalized spacial score (nSPS) is 14.1. The second-order valence-electron chi connectivity index (χ2n) is 7.57. The lowest BCUT2D eigenvalue weighted by atomic mass is 10.5. The Morgan fingerprint density at radius 2 is 1.00 bits per heavy atom. The molecule has 0 amide bonds. The average molecular weight is 338 g/mol. The first-order valence-electron chi connectivity index (χ1n) is 7.71. The lowest BCUT2D eigenvalue weighted by molar-refractivity contribution is 0.178. The van der Waals surface area contributed by atoms with E-state index in [2.05, 4.69) is 66.6 Å². The molecule has 0 aliphatic carbocycles. The van der Waals surface area contributed by atoms with Crippen LogP contribution in [-0.2, 0) is 8.85 Å². The largest absolute Gasteiger partial charge is 0.395 e. The van der Waals surface area contributed by atoms with Crippen molar-refractivity contribution in [3.63, 3.8) is 0 Å². The Kier molecular flexibility index (Phi) is 8.77. The molecule has 0 aliphatic rings. The van der Waals surface area contributed by atoms with Gasteiger partial charge in [-0.05, 0) is 20.4 Å². The minimum Gasteiger partial charge on any atom is -0.395 e. The molecule has 0 fully saturated rings. The van der Waals surface area contributed by atoms with Crippen molar-refractivity contribution in [2.45, 2.75) is 77.3 Å². The van der Waals surface area contributed by atoms with Gasteiger partial charge in [0.05, 0.1) is 16.1 Å². The van der Waals surface area contributed by atoms with Crippen molar-refractivity contribution in [3.05, 3.63) is 0 Å². The molecule has 0 radical (unpaired) electrons. The molecular formula is C14H39NO2Si3. The molecule has 0 aliphatic heterocycles. The van der Waals surface area contributed by atoms with Gasteiger partial charge in [-0.25, -0.2) is 0 Å². The topological polar surface area (TPSA) is 53.5 Å². The van der Waals surface area contributed by atoms with Crippen molar-refractivity contribution < 1.29 is 8.85 Å². The molecule has 6 heteroatoms. The van der Waals surface area contributed by atoms with Gasteiger partial charge in [0.2, 0.25) is 0 Å². The second kappa shape index (κ2) is 7.69. The molecular weight excluding hydrogens is 298 g/mol. The highest BCUT2D eigenvalue weighted by Crippen LogP contribution is 2.56. The van der Waals surface area contributed by atoms with Gasteiger partial charge in [-0.1, -0.05) is 52.6 Å². The summed E-state index contributed by atoms with van der Waals surface area (Å²) >= 11 is 0. The van der Waals surface area contributed by atoms with Crippen LogP contribution in [0.3, 0.4) is 0 Å². The molecule has 0 saturated carbocycles. The molecule has 0 aromatic rings. The molecule has 0 spiro atoms. The van der Waals surface area contributed by atoms with Gasteiger partial charge < -0.3 is 15.0 Å². The van der Waals surface area contributed by atoms with Gasteiger partial charge >= 0.3 is 8.56 Å². The monoisotopic (exact) mass is 337 g/mol. The molecule has 0 aromatic carbocycles. The maximum atomic E-state index is 6.37. The maximum absolute atomic E-state index is 6.37. The van der Waals surface area contributed by atoms with E-state index in [-0.39, 0.29) is 6.15 Å². The standard InChI is InChI=1S/C14H36O2Si3.H3N/c1-11-14(17(4,5)6,18(7,8)9)19(10,15-12-2)16-13-3;/h11-13H2,1-10H3;1H3. The highest BCUT2D eigenvalue weighted by molar-refractivity contribution is 7.12. The van der Waals surface area contributed by atoms with Crippen LogP contribution < -0.4 is 6.15 Å². The average Bonchev–Trinajstić information content (AvgIpc) is 2.14. The third-order valence-corrected chi connectivity index (χ3v) is 25.8. The van der Waals surface area contributed by atoms with Crippen LogP contribution in [0.1, 0.15) is 27.2 Å². The van der Waals surface area contributed by atoms with Crippen LogP contribution in [0.2, 0.25) is 50.1 Å². The fourth-order valence-electron chi connectivity index (χ4n) is 4.71. The summed E-state index contributed by atoms with van der Waals surface area (Å²) in [6.07, 6.45) is 1.21. The minimum absolute atomic E-state index is 0. The van der Waals surface area contributed by atoms with Crippen LogP contribution in [0.4, 0.5) is 0 Å².